The van der Waals surface area contributed by atoms with Gasteiger partial charge in [-0.3, -0.25) is 9.89 Å². The van der Waals surface area contributed by atoms with Gasteiger partial charge in [0.25, 0.3) is 5.91 Å². The second-order valence-electron chi connectivity index (χ2n) is 5.29. The SMILES string of the molecule is Cc1cc(CSc2ccccc2C(=O)N[C@H](C)c2ncn[nH]2)on1. The molecule has 124 valence electrons. The highest BCUT2D eigenvalue weighted by molar-refractivity contribution is 7.98. The highest BCUT2D eigenvalue weighted by Crippen LogP contribution is 2.27. The zero-order valence-electron chi connectivity index (χ0n) is 13.3. The number of amides is 1. The van der Waals surface area contributed by atoms with E-state index in [1.165, 1.54) is 18.1 Å². The van der Waals surface area contributed by atoms with Crippen molar-refractivity contribution in [3.05, 3.63) is 59.5 Å². The number of nitrogens with zero attached hydrogens (tertiary/aromatic N) is 3. The van der Waals surface area contributed by atoms with E-state index in [1.807, 2.05) is 38.1 Å². The van der Waals surface area contributed by atoms with E-state index in [4.69, 9.17) is 4.52 Å². The molecule has 0 saturated heterocycles. The van der Waals surface area contributed by atoms with Crippen molar-refractivity contribution >= 4 is 17.7 Å². The van der Waals surface area contributed by atoms with Crippen molar-refractivity contribution in [2.24, 2.45) is 0 Å². The minimum absolute atomic E-state index is 0.157. The number of hydrogen-bond acceptors (Lipinski definition) is 6. The van der Waals surface area contributed by atoms with Gasteiger partial charge in [0, 0.05) is 11.0 Å². The number of H-pyrrole nitrogens is 1. The first-order valence-corrected chi connectivity index (χ1v) is 8.42. The monoisotopic (exact) mass is 343 g/mol. The van der Waals surface area contributed by atoms with Crippen LogP contribution in [-0.2, 0) is 5.75 Å². The standard InChI is InChI=1S/C16H17N5O2S/c1-10-7-12(23-21-10)8-24-14-6-4-3-5-13(14)16(22)19-11(2)15-17-9-18-20-15/h3-7,9,11H,8H2,1-2H3,(H,19,22)(H,17,18,20)/t11-/m1/s1. The molecule has 8 heteroatoms. The van der Waals surface area contributed by atoms with Gasteiger partial charge in [0.1, 0.15) is 17.9 Å². The Kier molecular flexibility index (Phi) is 4.95. The summed E-state index contributed by atoms with van der Waals surface area (Å²) >= 11 is 1.54. The second kappa shape index (κ2) is 7.31. The molecule has 0 saturated carbocycles. The Morgan fingerprint density at radius 3 is 2.96 bits per heavy atom. The molecule has 0 aliphatic heterocycles. The molecule has 0 unspecified atom stereocenters. The van der Waals surface area contributed by atoms with E-state index in [2.05, 4.69) is 25.7 Å². The van der Waals surface area contributed by atoms with Crippen LogP contribution in [0.2, 0.25) is 0 Å². The molecule has 3 rings (SSSR count). The molecule has 0 aliphatic rings. The van der Waals surface area contributed by atoms with Gasteiger partial charge in [-0.25, -0.2) is 4.98 Å². The minimum atomic E-state index is -0.255. The summed E-state index contributed by atoms with van der Waals surface area (Å²) in [6.45, 7) is 3.73. The third kappa shape index (κ3) is 3.83. The summed E-state index contributed by atoms with van der Waals surface area (Å²) in [6.07, 6.45) is 1.42. The first-order valence-electron chi connectivity index (χ1n) is 7.43. The van der Waals surface area contributed by atoms with Crippen molar-refractivity contribution in [3.63, 3.8) is 0 Å². The molecule has 0 bridgehead atoms. The van der Waals surface area contributed by atoms with Crippen LogP contribution >= 0.6 is 11.8 Å². The van der Waals surface area contributed by atoms with E-state index >= 15 is 0 Å². The molecule has 0 aliphatic carbocycles. The fraction of sp³-hybridized carbons (Fsp3) is 0.250. The Labute approximate surface area is 143 Å². The summed E-state index contributed by atoms with van der Waals surface area (Å²) in [7, 11) is 0. The van der Waals surface area contributed by atoms with Gasteiger partial charge in [0.2, 0.25) is 0 Å². The topological polar surface area (TPSA) is 96.7 Å². The Morgan fingerprint density at radius 1 is 1.42 bits per heavy atom. The Bertz CT molecular complexity index is 816. The van der Waals surface area contributed by atoms with Crippen LogP contribution in [0.15, 0.2) is 46.1 Å². The number of carbonyl (C=O) groups is 1. The summed E-state index contributed by atoms with van der Waals surface area (Å²) in [4.78, 5) is 17.5. The third-order valence-electron chi connectivity index (χ3n) is 3.37. The smallest absolute Gasteiger partial charge is 0.252 e. The molecule has 0 spiro atoms. The lowest BCUT2D eigenvalue weighted by atomic mass is 10.2. The van der Waals surface area contributed by atoms with Gasteiger partial charge in [-0.15, -0.1) is 11.8 Å². The van der Waals surface area contributed by atoms with E-state index in [1.54, 1.807) is 6.07 Å². The van der Waals surface area contributed by atoms with E-state index < -0.39 is 0 Å². The number of carbonyl (C=O) groups excluding carboxylic acids is 1. The maximum Gasteiger partial charge on any atom is 0.252 e. The van der Waals surface area contributed by atoms with Gasteiger partial charge >= 0.3 is 0 Å². The Hall–Kier alpha value is -2.61. The van der Waals surface area contributed by atoms with E-state index in [0.29, 0.717) is 17.1 Å². The number of aryl methyl sites for hydroxylation is 1. The summed E-state index contributed by atoms with van der Waals surface area (Å²) < 4.78 is 5.21. The summed E-state index contributed by atoms with van der Waals surface area (Å²) in [5, 5.41) is 13.3. The fourth-order valence-electron chi connectivity index (χ4n) is 2.18. The first kappa shape index (κ1) is 16.3. The molecule has 0 fully saturated rings. The molecule has 7 nitrogen and oxygen atoms in total. The van der Waals surface area contributed by atoms with Crippen molar-refractivity contribution in [1.82, 2.24) is 25.7 Å². The highest BCUT2D eigenvalue weighted by Gasteiger charge is 2.16. The van der Waals surface area contributed by atoms with E-state index in [-0.39, 0.29) is 11.9 Å². The van der Waals surface area contributed by atoms with Crippen molar-refractivity contribution in [2.45, 2.75) is 30.5 Å². The first-order chi connectivity index (χ1) is 11.6. The lowest BCUT2D eigenvalue weighted by Gasteiger charge is -2.13. The quantitative estimate of drug-likeness (QED) is 0.668. The average Bonchev–Trinajstić information content (AvgIpc) is 3.24. The van der Waals surface area contributed by atoms with Crippen LogP contribution in [0.4, 0.5) is 0 Å². The van der Waals surface area contributed by atoms with Crippen LogP contribution < -0.4 is 5.32 Å². The molecule has 2 heterocycles. The van der Waals surface area contributed by atoms with Crippen LogP contribution in [0.25, 0.3) is 0 Å². The van der Waals surface area contributed by atoms with Gasteiger partial charge in [0.05, 0.1) is 23.1 Å². The maximum absolute atomic E-state index is 12.6. The van der Waals surface area contributed by atoms with Crippen molar-refractivity contribution < 1.29 is 9.32 Å². The van der Waals surface area contributed by atoms with Gasteiger partial charge < -0.3 is 9.84 Å². The second-order valence-corrected chi connectivity index (χ2v) is 6.30. The molecular weight excluding hydrogens is 326 g/mol. The summed E-state index contributed by atoms with van der Waals surface area (Å²) in [5.41, 5.74) is 1.46. The zero-order chi connectivity index (χ0) is 16.9. The fourth-order valence-corrected chi connectivity index (χ4v) is 3.10. The number of aromatic amines is 1. The van der Waals surface area contributed by atoms with Gasteiger partial charge in [-0.1, -0.05) is 17.3 Å². The van der Waals surface area contributed by atoms with Crippen LogP contribution in [-0.4, -0.2) is 26.2 Å². The predicted molar refractivity (Wildman–Crippen MR) is 89.5 cm³/mol. The lowest BCUT2D eigenvalue weighted by molar-refractivity contribution is 0.0935. The van der Waals surface area contributed by atoms with Crippen molar-refractivity contribution in [1.29, 1.82) is 0 Å². The zero-order valence-corrected chi connectivity index (χ0v) is 14.1. The summed E-state index contributed by atoms with van der Waals surface area (Å²) in [6, 6.07) is 9.11. The largest absolute Gasteiger partial charge is 0.360 e. The molecule has 1 atom stereocenters. The number of thioether (sulfide) groups is 1. The van der Waals surface area contributed by atoms with Gasteiger partial charge in [-0.2, -0.15) is 5.10 Å². The van der Waals surface area contributed by atoms with Crippen LogP contribution in [0.5, 0.6) is 0 Å². The van der Waals surface area contributed by atoms with Crippen LogP contribution in [0, 0.1) is 6.92 Å². The van der Waals surface area contributed by atoms with Crippen LogP contribution in [0.1, 0.15) is 40.6 Å². The number of rotatable bonds is 6. The predicted octanol–water partition coefficient (Wildman–Crippen LogP) is 2.88. The molecule has 0 radical (unpaired) electrons. The number of hydrogen-bond donors (Lipinski definition) is 2. The number of benzene rings is 1. The van der Waals surface area contributed by atoms with Gasteiger partial charge in [-0.05, 0) is 26.0 Å². The highest BCUT2D eigenvalue weighted by atomic mass is 32.2. The maximum atomic E-state index is 12.6. The normalized spacial score (nSPS) is 12.1. The molecule has 1 aromatic carbocycles. The van der Waals surface area contributed by atoms with E-state index in [9.17, 15) is 4.79 Å². The van der Waals surface area contributed by atoms with Crippen molar-refractivity contribution in [3.8, 4) is 0 Å². The third-order valence-corrected chi connectivity index (χ3v) is 4.47. The molecular formula is C16H17N5O2S. The molecule has 3 aromatic rings. The Morgan fingerprint density at radius 2 is 2.25 bits per heavy atom. The molecule has 24 heavy (non-hydrogen) atoms. The lowest BCUT2D eigenvalue weighted by Crippen LogP contribution is -2.27. The van der Waals surface area contributed by atoms with Crippen molar-refractivity contribution in [2.75, 3.05) is 0 Å². The Balaban J connectivity index is 1.69. The average molecular weight is 343 g/mol. The van der Waals surface area contributed by atoms with Gasteiger partial charge in [0.15, 0.2) is 0 Å². The molecule has 2 aromatic heterocycles. The van der Waals surface area contributed by atoms with Crippen LogP contribution in [0.3, 0.4) is 0 Å². The molecule has 2 N–H and O–H groups in total. The minimum Gasteiger partial charge on any atom is -0.360 e. The van der Waals surface area contributed by atoms with E-state index in [0.717, 1.165) is 16.3 Å². The summed E-state index contributed by atoms with van der Waals surface area (Å²) in [5.74, 6) is 1.85. The number of nitrogens with one attached hydrogen (secondary N) is 2. The molecule has 1 amide bonds. The number of aromatic nitrogens is 4.